The quantitative estimate of drug-likeness (QED) is 0.454. The molecule has 1 fully saturated rings. The molecule has 1 aliphatic rings. The van der Waals surface area contributed by atoms with E-state index in [2.05, 4.69) is 15.9 Å². The molecule has 1 saturated heterocycles. The summed E-state index contributed by atoms with van der Waals surface area (Å²) in [5, 5.41) is 20.5. The summed E-state index contributed by atoms with van der Waals surface area (Å²) in [7, 11) is 2.90. The summed E-state index contributed by atoms with van der Waals surface area (Å²) in [6, 6.07) is 10.5. The molecule has 7 heteroatoms. The lowest BCUT2D eigenvalue weighted by molar-refractivity contribution is -0.139. The molecule has 0 aromatic heterocycles. The van der Waals surface area contributed by atoms with Crippen LogP contribution in [-0.4, -0.2) is 41.0 Å². The summed E-state index contributed by atoms with van der Waals surface area (Å²) in [6.45, 7) is 0. The number of hydrogen-bond donors (Lipinski definition) is 2. The molecule has 1 atom stereocenters. The Labute approximate surface area is 158 Å². The van der Waals surface area contributed by atoms with E-state index in [1.165, 1.54) is 31.2 Å². The van der Waals surface area contributed by atoms with Crippen molar-refractivity contribution in [3.05, 3.63) is 63.6 Å². The van der Waals surface area contributed by atoms with Gasteiger partial charge in [-0.05, 0) is 29.8 Å². The summed E-state index contributed by atoms with van der Waals surface area (Å²) < 4.78 is 5.93. The molecule has 134 valence electrons. The Morgan fingerprint density at radius 1 is 1.15 bits per heavy atom. The predicted molar refractivity (Wildman–Crippen MR) is 98.9 cm³/mol. The number of ether oxygens (including phenoxy) is 1. The maximum atomic E-state index is 12.5. The summed E-state index contributed by atoms with van der Waals surface area (Å²) in [4.78, 5) is 26.0. The molecule has 2 aromatic carbocycles. The third kappa shape index (κ3) is 2.94. The number of carbonyl (C=O) groups is 2. The number of amides is 1. The van der Waals surface area contributed by atoms with Gasteiger partial charge in [0.1, 0.15) is 5.76 Å². The lowest BCUT2D eigenvalue weighted by Gasteiger charge is -2.21. The van der Waals surface area contributed by atoms with Crippen LogP contribution in [0.5, 0.6) is 11.5 Å². The molecule has 2 N–H and O–H groups in total. The Kier molecular flexibility index (Phi) is 4.73. The van der Waals surface area contributed by atoms with Crippen LogP contribution in [-0.2, 0) is 9.59 Å². The first-order chi connectivity index (χ1) is 12.3. The predicted octanol–water partition coefficient (Wildman–Crippen LogP) is 3.21. The fraction of sp³-hybridized carbons (Fsp3) is 0.158. The molecule has 26 heavy (non-hydrogen) atoms. The molecule has 2 aromatic rings. The smallest absolute Gasteiger partial charge is 0.295 e. The maximum absolute atomic E-state index is 12.5. The molecule has 1 amide bonds. The zero-order valence-corrected chi connectivity index (χ0v) is 15.6. The molecule has 1 heterocycles. The van der Waals surface area contributed by atoms with Crippen molar-refractivity contribution < 1.29 is 24.5 Å². The highest BCUT2D eigenvalue weighted by molar-refractivity contribution is 9.10. The van der Waals surface area contributed by atoms with Crippen molar-refractivity contribution in [2.24, 2.45) is 0 Å². The van der Waals surface area contributed by atoms with Crippen molar-refractivity contribution in [3.8, 4) is 11.5 Å². The number of benzene rings is 2. The van der Waals surface area contributed by atoms with Crippen molar-refractivity contribution in [1.29, 1.82) is 0 Å². The van der Waals surface area contributed by atoms with Gasteiger partial charge in [0.2, 0.25) is 0 Å². The number of hydrogen-bond acceptors (Lipinski definition) is 5. The van der Waals surface area contributed by atoms with E-state index in [9.17, 15) is 19.8 Å². The summed E-state index contributed by atoms with van der Waals surface area (Å²) in [5.74, 6) is -1.56. The van der Waals surface area contributed by atoms with Crippen molar-refractivity contribution >= 4 is 33.4 Å². The molecule has 0 unspecified atom stereocenters. The topological polar surface area (TPSA) is 87.1 Å². The molecular formula is C19H16BrNO5. The number of nitrogens with zero attached hydrogens (tertiary/aromatic N) is 1. The van der Waals surface area contributed by atoms with Crippen LogP contribution in [0.3, 0.4) is 0 Å². The van der Waals surface area contributed by atoms with Crippen LogP contribution >= 0.6 is 15.9 Å². The second-order valence-electron chi connectivity index (χ2n) is 5.85. The fourth-order valence-electron chi connectivity index (χ4n) is 2.97. The van der Waals surface area contributed by atoms with Crippen LogP contribution in [0.4, 0.5) is 0 Å². The summed E-state index contributed by atoms with van der Waals surface area (Å²) in [6.07, 6.45) is 0. The Morgan fingerprint density at radius 2 is 1.81 bits per heavy atom. The van der Waals surface area contributed by atoms with Gasteiger partial charge >= 0.3 is 0 Å². The van der Waals surface area contributed by atoms with Gasteiger partial charge < -0.3 is 19.8 Å². The number of phenolic OH excluding ortho intramolecular Hbond substituents is 1. The third-order valence-electron chi connectivity index (χ3n) is 4.31. The van der Waals surface area contributed by atoms with Gasteiger partial charge in [0.25, 0.3) is 11.7 Å². The molecule has 6 nitrogen and oxygen atoms in total. The number of aliphatic hydroxyl groups is 1. The molecule has 0 saturated carbocycles. The molecule has 1 aliphatic heterocycles. The number of methoxy groups -OCH3 is 1. The highest BCUT2D eigenvalue weighted by Crippen LogP contribution is 2.40. The molecule has 0 spiro atoms. The monoisotopic (exact) mass is 417 g/mol. The number of phenols is 1. The van der Waals surface area contributed by atoms with Crippen molar-refractivity contribution in [3.63, 3.8) is 0 Å². The number of ketones is 1. The number of halogens is 1. The lowest BCUT2D eigenvalue weighted by Crippen LogP contribution is -2.24. The highest BCUT2D eigenvalue weighted by Gasteiger charge is 2.44. The zero-order chi connectivity index (χ0) is 19.0. The van der Waals surface area contributed by atoms with Crippen LogP contribution in [0.1, 0.15) is 17.2 Å². The van der Waals surface area contributed by atoms with Gasteiger partial charge in [-0.3, -0.25) is 9.59 Å². The van der Waals surface area contributed by atoms with E-state index in [4.69, 9.17) is 4.74 Å². The van der Waals surface area contributed by atoms with Crippen LogP contribution < -0.4 is 4.74 Å². The average molecular weight is 418 g/mol. The van der Waals surface area contributed by atoms with Gasteiger partial charge in [-0.1, -0.05) is 34.1 Å². The van der Waals surface area contributed by atoms with Gasteiger partial charge in [0, 0.05) is 17.1 Å². The number of likely N-dealkylation sites (tertiary alicyclic amines) is 1. The largest absolute Gasteiger partial charge is 0.507 e. The molecular weight excluding hydrogens is 402 g/mol. The number of likely N-dealkylation sites (N-methyl/N-ethyl adjacent to an activating group) is 1. The lowest BCUT2D eigenvalue weighted by atomic mass is 9.95. The highest BCUT2D eigenvalue weighted by atomic mass is 79.9. The van der Waals surface area contributed by atoms with E-state index in [1.807, 2.05) is 0 Å². The van der Waals surface area contributed by atoms with E-state index in [1.54, 1.807) is 30.3 Å². The molecule has 0 bridgehead atoms. The molecule has 0 radical (unpaired) electrons. The second-order valence-corrected chi connectivity index (χ2v) is 6.76. The molecule has 0 aliphatic carbocycles. The minimum atomic E-state index is -0.784. The number of aromatic hydroxyl groups is 1. The minimum absolute atomic E-state index is 0.00688. The zero-order valence-electron chi connectivity index (χ0n) is 14.1. The van der Waals surface area contributed by atoms with E-state index in [-0.39, 0.29) is 22.8 Å². The van der Waals surface area contributed by atoms with Gasteiger partial charge in [0.15, 0.2) is 11.5 Å². The van der Waals surface area contributed by atoms with Crippen LogP contribution in [0.2, 0.25) is 0 Å². The van der Waals surface area contributed by atoms with Crippen LogP contribution in [0.25, 0.3) is 5.76 Å². The van der Waals surface area contributed by atoms with Crippen molar-refractivity contribution in [2.75, 3.05) is 14.2 Å². The second kappa shape index (κ2) is 6.84. The first-order valence-electron chi connectivity index (χ1n) is 7.72. The number of aliphatic hydroxyl groups excluding tert-OH is 1. The first kappa shape index (κ1) is 18.0. The fourth-order valence-corrected chi connectivity index (χ4v) is 3.23. The van der Waals surface area contributed by atoms with Crippen LogP contribution in [0.15, 0.2) is 52.5 Å². The number of carbonyl (C=O) groups excluding carboxylic acids is 2. The Balaban J connectivity index is 2.18. The van der Waals surface area contributed by atoms with E-state index in [0.717, 1.165) is 4.47 Å². The third-order valence-corrected chi connectivity index (χ3v) is 4.84. The average Bonchev–Trinajstić information content (AvgIpc) is 2.86. The van der Waals surface area contributed by atoms with Gasteiger partial charge in [-0.15, -0.1) is 0 Å². The Bertz CT molecular complexity index is 920. The maximum Gasteiger partial charge on any atom is 0.295 e. The van der Waals surface area contributed by atoms with E-state index in [0.29, 0.717) is 11.1 Å². The Morgan fingerprint density at radius 3 is 2.42 bits per heavy atom. The summed E-state index contributed by atoms with van der Waals surface area (Å²) in [5.41, 5.74) is 0.961. The van der Waals surface area contributed by atoms with E-state index < -0.39 is 17.7 Å². The first-order valence-corrected chi connectivity index (χ1v) is 8.52. The number of Topliss-reactive ketones (excluding diaryl/α,β-unsaturated/α-hetero) is 1. The SMILES string of the molecule is COc1cc([C@H]2/C(=C(\O)c3ccc(Br)cc3)C(=O)C(=O)N2C)ccc1O. The van der Waals surface area contributed by atoms with E-state index >= 15 is 0 Å². The summed E-state index contributed by atoms with van der Waals surface area (Å²) >= 11 is 3.32. The standard InChI is InChI=1S/C19H16BrNO5/c1-21-16(11-5-8-13(22)14(9-11)26-2)15(18(24)19(21)25)17(23)10-3-6-12(20)7-4-10/h3-9,16,22-23H,1-2H3/b17-15+/t16-/m0/s1. The van der Waals surface area contributed by atoms with Gasteiger partial charge in [-0.2, -0.15) is 0 Å². The normalized spacial score (nSPS) is 19.0. The molecule has 3 rings (SSSR count). The van der Waals surface area contributed by atoms with Crippen LogP contribution in [0, 0.1) is 0 Å². The minimum Gasteiger partial charge on any atom is -0.507 e. The van der Waals surface area contributed by atoms with Gasteiger partial charge in [0.05, 0.1) is 18.7 Å². The van der Waals surface area contributed by atoms with Crippen molar-refractivity contribution in [1.82, 2.24) is 4.90 Å². The van der Waals surface area contributed by atoms with Crippen molar-refractivity contribution in [2.45, 2.75) is 6.04 Å². The number of rotatable bonds is 3. The Hall–Kier alpha value is -2.80. The van der Waals surface area contributed by atoms with Gasteiger partial charge in [-0.25, -0.2) is 0 Å².